The van der Waals surface area contributed by atoms with E-state index >= 15 is 0 Å². The van der Waals surface area contributed by atoms with Crippen molar-refractivity contribution in [3.63, 3.8) is 0 Å². The molecule has 0 saturated carbocycles. The van der Waals surface area contributed by atoms with E-state index in [2.05, 4.69) is 4.90 Å². The molecule has 0 unspecified atom stereocenters. The van der Waals surface area contributed by atoms with Gasteiger partial charge >= 0.3 is 5.97 Å². The summed E-state index contributed by atoms with van der Waals surface area (Å²) in [6.45, 7) is 2.03. The third kappa shape index (κ3) is 2.82. The number of hydrogen-bond donors (Lipinski definition) is 1. The zero-order valence-corrected chi connectivity index (χ0v) is 10.5. The highest BCUT2D eigenvalue weighted by Gasteiger charge is 2.17. The van der Waals surface area contributed by atoms with Gasteiger partial charge in [0.25, 0.3) is 0 Å². The lowest BCUT2D eigenvalue weighted by molar-refractivity contribution is 0.0696. The predicted octanol–water partition coefficient (Wildman–Crippen LogP) is 2.42. The maximum atomic E-state index is 10.8. The van der Waals surface area contributed by atoms with Gasteiger partial charge in [-0.1, -0.05) is 0 Å². The van der Waals surface area contributed by atoms with Crippen LogP contribution in [0.25, 0.3) is 0 Å². The zero-order chi connectivity index (χ0) is 11.5. The number of benzene rings is 1. The van der Waals surface area contributed by atoms with Crippen LogP contribution < -0.4 is 9.64 Å². The van der Waals surface area contributed by atoms with Crippen LogP contribution in [0.1, 0.15) is 23.2 Å². The maximum Gasteiger partial charge on any atom is 0.335 e. The molecule has 1 aliphatic heterocycles. The molecule has 4 nitrogen and oxygen atoms in total. The Labute approximate surface area is 107 Å². The number of carbonyl (C=O) groups is 1. The molecule has 1 saturated heterocycles. The third-order valence-corrected chi connectivity index (χ3v) is 2.87. The number of hydrogen-bond acceptors (Lipinski definition) is 3. The minimum atomic E-state index is -0.925. The standard InChI is InChI=1S/C12H15NO3.ClH/c1-16-11-8-9(12(14)15)4-5-10(11)13-6-2-3-7-13;/h4-5,8H,2-3,6-7H2,1H3,(H,14,15);1H. The van der Waals surface area contributed by atoms with Crippen molar-refractivity contribution in [3.8, 4) is 5.75 Å². The summed E-state index contributed by atoms with van der Waals surface area (Å²) in [7, 11) is 1.57. The van der Waals surface area contributed by atoms with Crippen molar-refractivity contribution in [1.29, 1.82) is 0 Å². The molecule has 1 aromatic carbocycles. The second-order valence-corrected chi connectivity index (χ2v) is 3.89. The lowest BCUT2D eigenvalue weighted by atomic mass is 10.2. The monoisotopic (exact) mass is 257 g/mol. The fourth-order valence-corrected chi connectivity index (χ4v) is 2.03. The first-order valence-electron chi connectivity index (χ1n) is 5.38. The van der Waals surface area contributed by atoms with Crippen molar-refractivity contribution in [2.45, 2.75) is 12.8 Å². The molecular formula is C12H16ClNO3. The van der Waals surface area contributed by atoms with Crippen molar-refractivity contribution in [1.82, 2.24) is 0 Å². The van der Waals surface area contributed by atoms with Gasteiger partial charge in [-0.05, 0) is 31.0 Å². The minimum Gasteiger partial charge on any atom is -0.495 e. The summed E-state index contributed by atoms with van der Waals surface area (Å²) in [6.07, 6.45) is 2.37. The molecule has 0 aliphatic carbocycles. The first-order chi connectivity index (χ1) is 7.72. The number of anilines is 1. The summed E-state index contributed by atoms with van der Waals surface area (Å²) in [4.78, 5) is 13.1. The summed E-state index contributed by atoms with van der Waals surface area (Å²) in [5.74, 6) is -0.284. The number of ether oxygens (including phenoxy) is 1. The first kappa shape index (κ1) is 13.6. The quantitative estimate of drug-likeness (QED) is 0.904. The highest BCUT2D eigenvalue weighted by Crippen LogP contribution is 2.31. The van der Waals surface area contributed by atoms with E-state index in [1.807, 2.05) is 6.07 Å². The van der Waals surface area contributed by atoms with E-state index in [-0.39, 0.29) is 18.0 Å². The maximum absolute atomic E-state index is 10.8. The van der Waals surface area contributed by atoms with Gasteiger partial charge in [-0.15, -0.1) is 12.4 Å². The highest BCUT2D eigenvalue weighted by atomic mass is 35.5. The van der Waals surface area contributed by atoms with Crippen molar-refractivity contribution in [2.24, 2.45) is 0 Å². The Morgan fingerprint density at radius 2 is 2.00 bits per heavy atom. The highest BCUT2D eigenvalue weighted by molar-refractivity contribution is 5.89. The Balaban J connectivity index is 0.00000144. The predicted molar refractivity (Wildman–Crippen MR) is 68.6 cm³/mol. The van der Waals surface area contributed by atoms with E-state index in [1.54, 1.807) is 19.2 Å². The lowest BCUT2D eigenvalue weighted by Crippen LogP contribution is -2.18. The summed E-state index contributed by atoms with van der Waals surface area (Å²) in [6, 6.07) is 5.03. The average molecular weight is 258 g/mol. The number of carboxylic acids is 1. The van der Waals surface area contributed by atoms with E-state index in [1.165, 1.54) is 12.8 Å². The molecule has 0 bridgehead atoms. The number of aromatic carboxylic acids is 1. The fourth-order valence-electron chi connectivity index (χ4n) is 2.03. The van der Waals surface area contributed by atoms with Gasteiger partial charge in [-0.2, -0.15) is 0 Å². The molecule has 1 N–H and O–H groups in total. The minimum absolute atomic E-state index is 0. The molecule has 0 aromatic heterocycles. The van der Waals surface area contributed by atoms with Crippen LogP contribution in [0.2, 0.25) is 0 Å². The number of carboxylic acid groups (broad SMARTS) is 1. The van der Waals surface area contributed by atoms with Crippen LogP contribution in [0.4, 0.5) is 5.69 Å². The molecule has 17 heavy (non-hydrogen) atoms. The van der Waals surface area contributed by atoms with Crippen LogP contribution in [0.3, 0.4) is 0 Å². The first-order valence-corrected chi connectivity index (χ1v) is 5.38. The van der Waals surface area contributed by atoms with Crippen molar-refractivity contribution < 1.29 is 14.6 Å². The van der Waals surface area contributed by atoms with Gasteiger partial charge in [0.05, 0.1) is 18.4 Å². The topological polar surface area (TPSA) is 49.8 Å². The molecule has 2 rings (SSSR count). The third-order valence-electron chi connectivity index (χ3n) is 2.87. The van der Waals surface area contributed by atoms with E-state index in [0.29, 0.717) is 5.75 Å². The lowest BCUT2D eigenvalue weighted by Gasteiger charge is -2.20. The van der Waals surface area contributed by atoms with Gasteiger partial charge in [0, 0.05) is 13.1 Å². The number of nitrogens with zero attached hydrogens (tertiary/aromatic N) is 1. The van der Waals surface area contributed by atoms with Crippen molar-refractivity contribution in [3.05, 3.63) is 23.8 Å². The van der Waals surface area contributed by atoms with Crippen LogP contribution in [0.15, 0.2) is 18.2 Å². The molecule has 0 radical (unpaired) electrons. The molecule has 0 atom stereocenters. The van der Waals surface area contributed by atoms with E-state index in [0.717, 1.165) is 18.8 Å². The smallest absolute Gasteiger partial charge is 0.335 e. The molecule has 5 heteroatoms. The SMILES string of the molecule is COc1cc(C(=O)O)ccc1N1CCCC1.Cl. The van der Waals surface area contributed by atoms with Crippen LogP contribution >= 0.6 is 12.4 Å². The molecule has 1 aromatic rings. The van der Waals surface area contributed by atoms with Crippen LogP contribution in [0, 0.1) is 0 Å². The fraction of sp³-hybridized carbons (Fsp3) is 0.417. The number of rotatable bonds is 3. The average Bonchev–Trinajstić information content (AvgIpc) is 2.81. The van der Waals surface area contributed by atoms with Crippen LogP contribution in [-0.4, -0.2) is 31.3 Å². The van der Waals surface area contributed by atoms with Gasteiger partial charge in [-0.25, -0.2) is 4.79 Å². The normalized spacial score (nSPS) is 14.3. The van der Waals surface area contributed by atoms with E-state index < -0.39 is 5.97 Å². The Morgan fingerprint density at radius 3 is 2.53 bits per heavy atom. The van der Waals surface area contributed by atoms with Crippen molar-refractivity contribution >= 4 is 24.1 Å². The van der Waals surface area contributed by atoms with E-state index in [9.17, 15) is 4.79 Å². The Hall–Kier alpha value is -1.42. The Kier molecular flexibility index (Phi) is 4.63. The van der Waals surface area contributed by atoms with E-state index in [4.69, 9.17) is 9.84 Å². The summed E-state index contributed by atoms with van der Waals surface area (Å²) >= 11 is 0. The van der Waals surface area contributed by atoms with Gasteiger partial charge in [0.15, 0.2) is 0 Å². The van der Waals surface area contributed by atoms with Gasteiger partial charge in [0.2, 0.25) is 0 Å². The Bertz CT molecular complexity index is 403. The Morgan fingerprint density at radius 1 is 1.35 bits per heavy atom. The summed E-state index contributed by atoms with van der Waals surface area (Å²) in [5.41, 5.74) is 1.25. The molecule has 0 amide bonds. The second-order valence-electron chi connectivity index (χ2n) is 3.89. The largest absolute Gasteiger partial charge is 0.495 e. The molecule has 94 valence electrons. The second kappa shape index (κ2) is 5.77. The van der Waals surface area contributed by atoms with Gasteiger partial charge in [0.1, 0.15) is 5.75 Å². The van der Waals surface area contributed by atoms with Gasteiger partial charge < -0.3 is 14.7 Å². The molecular weight excluding hydrogens is 242 g/mol. The van der Waals surface area contributed by atoms with Crippen LogP contribution in [0.5, 0.6) is 5.75 Å². The number of methoxy groups -OCH3 is 1. The van der Waals surface area contributed by atoms with Crippen molar-refractivity contribution in [2.75, 3.05) is 25.1 Å². The zero-order valence-electron chi connectivity index (χ0n) is 9.68. The molecule has 1 heterocycles. The van der Waals surface area contributed by atoms with Gasteiger partial charge in [-0.3, -0.25) is 0 Å². The summed E-state index contributed by atoms with van der Waals surface area (Å²) < 4.78 is 5.24. The van der Waals surface area contributed by atoms with Crippen LogP contribution in [-0.2, 0) is 0 Å². The molecule has 0 spiro atoms. The number of halogens is 1. The molecule has 1 fully saturated rings. The summed E-state index contributed by atoms with van der Waals surface area (Å²) in [5, 5.41) is 8.89. The molecule has 1 aliphatic rings.